The molecule has 3 rings (SSSR count). The number of thiocarbonyl (C=S) groups is 1. The molecule has 0 atom stereocenters. The number of ether oxygens (including phenoxy) is 1. The number of halogens is 2. The van der Waals surface area contributed by atoms with Gasteiger partial charge >= 0.3 is 0 Å². The number of thioether (sulfide) groups is 1. The Balaban J connectivity index is 1.32. The molecule has 1 saturated carbocycles. The van der Waals surface area contributed by atoms with Crippen molar-refractivity contribution >= 4 is 58.0 Å². The third-order valence-corrected chi connectivity index (χ3v) is 6.36. The van der Waals surface area contributed by atoms with Crippen LogP contribution in [0.25, 0.3) is 0 Å². The lowest BCUT2D eigenvalue weighted by Gasteiger charge is -2.14. The van der Waals surface area contributed by atoms with E-state index in [0.29, 0.717) is 21.3 Å². The normalized spacial score (nSPS) is 14.1. The summed E-state index contributed by atoms with van der Waals surface area (Å²) in [6.07, 6.45) is 5.25. The molecule has 2 N–H and O–H groups in total. The van der Waals surface area contributed by atoms with Crippen LogP contribution in [0.1, 0.15) is 31.2 Å². The quantitative estimate of drug-likeness (QED) is 0.349. The lowest BCUT2D eigenvalue weighted by molar-refractivity contribution is 0.210. The zero-order valence-electron chi connectivity index (χ0n) is 15.5. The van der Waals surface area contributed by atoms with Crippen molar-refractivity contribution in [1.29, 1.82) is 0 Å². The second-order valence-electron chi connectivity index (χ2n) is 6.72. The molecule has 1 aliphatic carbocycles. The summed E-state index contributed by atoms with van der Waals surface area (Å²) in [5.74, 6) is 2.70. The second kappa shape index (κ2) is 11.1. The predicted octanol–water partition coefficient (Wildman–Crippen LogP) is 6.53. The van der Waals surface area contributed by atoms with Crippen LogP contribution in [0.5, 0.6) is 5.75 Å². The summed E-state index contributed by atoms with van der Waals surface area (Å²) in [4.78, 5) is 0. The van der Waals surface area contributed by atoms with Gasteiger partial charge in [-0.3, -0.25) is 0 Å². The van der Waals surface area contributed by atoms with Gasteiger partial charge in [0.2, 0.25) is 0 Å². The van der Waals surface area contributed by atoms with Gasteiger partial charge in [0.05, 0.1) is 6.10 Å². The van der Waals surface area contributed by atoms with Crippen molar-refractivity contribution in [3.8, 4) is 5.75 Å². The third-order valence-electron chi connectivity index (χ3n) is 4.52. The maximum Gasteiger partial charge on any atom is 0.170 e. The highest BCUT2D eigenvalue weighted by Gasteiger charge is 2.16. The number of anilines is 1. The first-order valence-electron chi connectivity index (χ1n) is 9.43. The zero-order chi connectivity index (χ0) is 19.8. The predicted molar refractivity (Wildman–Crippen MR) is 126 cm³/mol. The highest BCUT2D eigenvalue weighted by Crippen LogP contribution is 2.25. The van der Waals surface area contributed by atoms with Gasteiger partial charge in [-0.05, 0) is 79.9 Å². The van der Waals surface area contributed by atoms with Gasteiger partial charge in [0.1, 0.15) is 5.75 Å². The van der Waals surface area contributed by atoms with E-state index in [1.54, 1.807) is 17.8 Å². The molecule has 28 heavy (non-hydrogen) atoms. The standard InChI is InChI=1S/C21H24Cl2N2OS2/c22-16-6-5-15(20(23)13-16)14-28-12-11-24-21(27)25-17-7-9-19(10-8-17)26-18-3-1-2-4-18/h5-10,13,18H,1-4,11-12,14H2,(H2,24,25,27). The van der Waals surface area contributed by atoms with Crippen molar-refractivity contribution in [3.05, 3.63) is 58.1 Å². The minimum absolute atomic E-state index is 0.377. The number of rotatable bonds is 8. The van der Waals surface area contributed by atoms with Crippen molar-refractivity contribution in [1.82, 2.24) is 5.32 Å². The van der Waals surface area contributed by atoms with Gasteiger partial charge in [0.15, 0.2) is 5.11 Å². The molecule has 0 radical (unpaired) electrons. The Morgan fingerprint density at radius 3 is 2.57 bits per heavy atom. The fourth-order valence-corrected chi connectivity index (χ4v) is 4.69. The van der Waals surface area contributed by atoms with Gasteiger partial charge in [0.25, 0.3) is 0 Å². The summed E-state index contributed by atoms with van der Waals surface area (Å²) in [7, 11) is 0. The van der Waals surface area contributed by atoms with Crippen molar-refractivity contribution in [2.45, 2.75) is 37.5 Å². The van der Waals surface area contributed by atoms with Gasteiger partial charge in [0, 0.05) is 33.8 Å². The summed E-state index contributed by atoms with van der Waals surface area (Å²) in [5, 5.41) is 8.43. The minimum atomic E-state index is 0.377. The Kier molecular flexibility index (Phi) is 8.59. The summed E-state index contributed by atoms with van der Waals surface area (Å²) in [5.41, 5.74) is 2.05. The van der Waals surface area contributed by atoms with Crippen LogP contribution in [0.2, 0.25) is 10.0 Å². The van der Waals surface area contributed by atoms with E-state index in [4.69, 9.17) is 40.2 Å². The van der Waals surface area contributed by atoms with Crippen LogP contribution in [-0.2, 0) is 5.75 Å². The molecule has 7 heteroatoms. The molecule has 0 amide bonds. The van der Waals surface area contributed by atoms with Crippen LogP contribution in [-0.4, -0.2) is 23.5 Å². The average Bonchev–Trinajstić information content (AvgIpc) is 3.18. The minimum Gasteiger partial charge on any atom is -0.490 e. The van der Waals surface area contributed by atoms with Crippen LogP contribution in [0, 0.1) is 0 Å². The summed E-state index contributed by atoms with van der Waals surface area (Å²) < 4.78 is 5.98. The Morgan fingerprint density at radius 2 is 1.86 bits per heavy atom. The average molecular weight is 455 g/mol. The van der Waals surface area contributed by atoms with Crippen molar-refractivity contribution in [2.24, 2.45) is 0 Å². The topological polar surface area (TPSA) is 33.3 Å². The molecule has 0 spiro atoms. The largest absolute Gasteiger partial charge is 0.490 e. The van der Waals surface area contributed by atoms with E-state index >= 15 is 0 Å². The maximum absolute atomic E-state index is 6.19. The lowest BCUT2D eigenvalue weighted by Crippen LogP contribution is -2.30. The smallest absolute Gasteiger partial charge is 0.170 e. The summed E-state index contributed by atoms with van der Waals surface area (Å²) in [6, 6.07) is 13.6. The second-order valence-corrected chi connectivity index (χ2v) is 9.07. The van der Waals surface area contributed by atoms with Crippen LogP contribution < -0.4 is 15.4 Å². The molecule has 0 saturated heterocycles. The SMILES string of the molecule is S=C(NCCSCc1ccc(Cl)cc1Cl)Nc1ccc(OC2CCCC2)cc1. The van der Waals surface area contributed by atoms with Gasteiger partial charge < -0.3 is 15.4 Å². The zero-order valence-corrected chi connectivity index (χ0v) is 18.7. The number of nitrogens with one attached hydrogen (secondary N) is 2. The number of hydrogen-bond donors (Lipinski definition) is 2. The molecular weight excluding hydrogens is 431 g/mol. The Hall–Kier alpha value is -1.14. The van der Waals surface area contributed by atoms with E-state index < -0.39 is 0 Å². The molecule has 150 valence electrons. The molecule has 1 aliphatic rings. The first-order chi connectivity index (χ1) is 13.6. The van der Waals surface area contributed by atoms with Crippen molar-refractivity contribution in [3.63, 3.8) is 0 Å². The van der Waals surface area contributed by atoms with Gasteiger partial charge in [-0.1, -0.05) is 29.3 Å². The van der Waals surface area contributed by atoms with E-state index in [2.05, 4.69) is 10.6 Å². The molecule has 3 nitrogen and oxygen atoms in total. The number of hydrogen-bond acceptors (Lipinski definition) is 3. The van der Waals surface area contributed by atoms with E-state index in [1.165, 1.54) is 12.8 Å². The highest BCUT2D eigenvalue weighted by molar-refractivity contribution is 7.98. The fourth-order valence-electron chi connectivity index (χ4n) is 3.05. The molecule has 2 aromatic carbocycles. The van der Waals surface area contributed by atoms with Crippen LogP contribution >= 0.6 is 47.2 Å². The Bertz CT molecular complexity index is 780. The van der Waals surface area contributed by atoms with Gasteiger partial charge in [-0.25, -0.2) is 0 Å². The van der Waals surface area contributed by atoms with Gasteiger partial charge in [-0.2, -0.15) is 11.8 Å². The third kappa shape index (κ3) is 7.03. The Labute approximate surface area is 186 Å². The number of benzene rings is 2. The van der Waals surface area contributed by atoms with Crippen LogP contribution in [0.15, 0.2) is 42.5 Å². The fraction of sp³-hybridized carbons (Fsp3) is 0.381. The van der Waals surface area contributed by atoms with Crippen molar-refractivity contribution < 1.29 is 4.74 Å². The first-order valence-corrected chi connectivity index (χ1v) is 11.8. The molecule has 0 heterocycles. The lowest BCUT2D eigenvalue weighted by atomic mass is 10.2. The van der Waals surface area contributed by atoms with E-state index in [-0.39, 0.29) is 0 Å². The first kappa shape index (κ1) is 21.6. The van der Waals surface area contributed by atoms with Crippen LogP contribution in [0.4, 0.5) is 5.69 Å². The van der Waals surface area contributed by atoms with Gasteiger partial charge in [-0.15, -0.1) is 0 Å². The highest BCUT2D eigenvalue weighted by atomic mass is 35.5. The monoisotopic (exact) mass is 454 g/mol. The van der Waals surface area contributed by atoms with Crippen molar-refractivity contribution in [2.75, 3.05) is 17.6 Å². The van der Waals surface area contributed by atoms with E-state index in [1.807, 2.05) is 36.4 Å². The maximum atomic E-state index is 6.19. The molecule has 1 fully saturated rings. The molecule has 0 aliphatic heterocycles. The molecule has 0 bridgehead atoms. The Morgan fingerprint density at radius 1 is 1.11 bits per heavy atom. The van der Waals surface area contributed by atoms with E-state index in [9.17, 15) is 0 Å². The summed E-state index contributed by atoms with van der Waals surface area (Å²) >= 11 is 19.3. The molecule has 0 aromatic heterocycles. The summed E-state index contributed by atoms with van der Waals surface area (Å²) in [6.45, 7) is 0.782. The molecule has 0 unspecified atom stereocenters. The van der Waals surface area contributed by atoms with E-state index in [0.717, 1.165) is 47.9 Å². The van der Waals surface area contributed by atoms with Crippen LogP contribution in [0.3, 0.4) is 0 Å². The molecular formula is C21H24Cl2N2OS2. The molecule has 2 aromatic rings.